The van der Waals surface area contributed by atoms with Gasteiger partial charge in [0.25, 0.3) is 0 Å². The fourth-order valence-electron chi connectivity index (χ4n) is 3.67. The largest absolute Gasteiger partial charge is 0.0683 e. The summed E-state index contributed by atoms with van der Waals surface area (Å²) in [7, 11) is 0. The molecule has 0 heteroatoms. The van der Waals surface area contributed by atoms with Gasteiger partial charge >= 0.3 is 0 Å². The van der Waals surface area contributed by atoms with Crippen LogP contribution in [0.25, 0.3) is 11.1 Å². The van der Waals surface area contributed by atoms with Crippen molar-refractivity contribution in [3.8, 4) is 11.1 Å². The Morgan fingerprint density at radius 1 is 0.316 bits per heavy atom. The predicted molar refractivity (Wildman–Crippen MR) is 169 cm³/mol. The van der Waals surface area contributed by atoms with Gasteiger partial charge in [-0.2, -0.15) is 0 Å². The van der Waals surface area contributed by atoms with Crippen LogP contribution in [0.2, 0.25) is 0 Å². The molecule has 0 spiro atoms. The van der Waals surface area contributed by atoms with E-state index in [9.17, 15) is 0 Å². The minimum Gasteiger partial charge on any atom is -0.0683 e. The zero-order chi connectivity index (χ0) is 27.8. The quantitative estimate of drug-likeness (QED) is 0.231. The van der Waals surface area contributed by atoms with Crippen molar-refractivity contribution >= 4 is 0 Å². The zero-order valence-corrected chi connectivity index (χ0v) is 24.3. The van der Waals surface area contributed by atoms with E-state index >= 15 is 0 Å². The third-order valence-corrected chi connectivity index (χ3v) is 6.03. The van der Waals surface area contributed by atoms with E-state index in [4.69, 9.17) is 0 Å². The highest BCUT2D eigenvalue weighted by atomic mass is 14.0. The molecule has 0 saturated carbocycles. The van der Waals surface area contributed by atoms with E-state index in [-0.39, 0.29) is 0 Å². The lowest BCUT2D eigenvalue weighted by Crippen LogP contribution is -1.88. The van der Waals surface area contributed by atoms with E-state index in [1.807, 2.05) is 32.0 Å². The highest BCUT2D eigenvalue weighted by molar-refractivity contribution is 5.63. The van der Waals surface area contributed by atoms with Crippen molar-refractivity contribution < 1.29 is 0 Å². The number of aryl methyl sites for hydroxylation is 5. The van der Waals surface area contributed by atoms with Gasteiger partial charge < -0.3 is 0 Å². The molecule has 0 aliphatic heterocycles. The Kier molecular flexibility index (Phi) is 13.4. The van der Waals surface area contributed by atoms with Gasteiger partial charge in [-0.05, 0) is 63.3 Å². The normalized spacial score (nSPS) is 9.55. The SMILES string of the molecule is CC.Cc1ccc(-c2ccc(C)cc2)cc1.Cc1ccc(Cc2ccc(C)cc2)cc1.Cc1ccccc1. The van der Waals surface area contributed by atoms with Gasteiger partial charge in [0.05, 0.1) is 0 Å². The van der Waals surface area contributed by atoms with Crippen molar-refractivity contribution in [2.75, 3.05) is 0 Å². The summed E-state index contributed by atoms with van der Waals surface area (Å²) in [6, 6.07) is 45.0. The second-order valence-corrected chi connectivity index (χ2v) is 9.53. The second-order valence-electron chi connectivity index (χ2n) is 9.53. The molecular formula is C38H44. The van der Waals surface area contributed by atoms with Crippen LogP contribution in [0.3, 0.4) is 0 Å². The Hall–Kier alpha value is -3.90. The minimum absolute atomic E-state index is 1.03. The molecule has 196 valence electrons. The summed E-state index contributed by atoms with van der Waals surface area (Å²) >= 11 is 0. The average molecular weight is 501 g/mol. The van der Waals surface area contributed by atoms with Crippen LogP contribution in [0.4, 0.5) is 0 Å². The molecule has 38 heavy (non-hydrogen) atoms. The first kappa shape index (κ1) is 30.3. The molecule has 0 aliphatic carbocycles. The lowest BCUT2D eigenvalue weighted by Gasteiger charge is -2.03. The topological polar surface area (TPSA) is 0 Å². The Morgan fingerprint density at radius 2 is 0.579 bits per heavy atom. The molecule has 0 atom stereocenters. The van der Waals surface area contributed by atoms with Gasteiger partial charge in [0.15, 0.2) is 0 Å². The van der Waals surface area contributed by atoms with Crippen LogP contribution >= 0.6 is 0 Å². The highest BCUT2D eigenvalue weighted by Gasteiger charge is 1.96. The van der Waals surface area contributed by atoms with Gasteiger partial charge in [0.1, 0.15) is 0 Å². The number of rotatable bonds is 3. The summed E-state index contributed by atoms with van der Waals surface area (Å²) in [6.45, 7) is 14.5. The Balaban J connectivity index is 0.000000205. The summed E-state index contributed by atoms with van der Waals surface area (Å²) in [5, 5.41) is 0. The van der Waals surface area contributed by atoms with Gasteiger partial charge in [-0.1, -0.05) is 169 Å². The van der Waals surface area contributed by atoms with E-state index in [0.717, 1.165) is 6.42 Å². The molecule has 0 N–H and O–H groups in total. The third-order valence-electron chi connectivity index (χ3n) is 6.03. The first-order valence-electron chi connectivity index (χ1n) is 13.7. The van der Waals surface area contributed by atoms with E-state index in [1.54, 1.807) is 0 Å². The maximum atomic E-state index is 2.20. The van der Waals surface area contributed by atoms with E-state index in [1.165, 1.54) is 50.1 Å². The van der Waals surface area contributed by atoms with Gasteiger partial charge in [-0.3, -0.25) is 0 Å². The first-order valence-corrected chi connectivity index (χ1v) is 13.7. The molecule has 0 bridgehead atoms. The van der Waals surface area contributed by atoms with Crippen molar-refractivity contribution in [3.05, 3.63) is 166 Å². The van der Waals surface area contributed by atoms with Crippen molar-refractivity contribution in [3.63, 3.8) is 0 Å². The fourth-order valence-corrected chi connectivity index (χ4v) is 3.67. The molecule has 0 nitrogen and oxygen atoms in total. The smallest absolute Gasteiger partial charge is 0.00258 e. The molecule has 5 aromatic rings. The first-order chi connectivity index (χ1) is 18.4. The molecule has 0 aliphatic rings. The predicted octanol–water partition coefficient (Wildman–Crippen LogP) is 10.9. The molecule has 0 fully saturated rings. The summed E-state index contributed by atoms with van der Waals surface area (Å²) in [5.41, 5.74) is 11.9. The van der Waals surface area contributed by atoms with Crippen molar-refractivity contribution in [2.45, 2.75) is 54.9 Å². The number of benzene rings is 5. The van der Waals surface area contributed by atoms with Crippen LogP contribution in [0.5, 0.6) is 0 Å². The van der Waals surface area contributed by atoms with Crippen molar-refractivity contribution in [1.82, 2.24) is 0 Å². The maximum absolute atomic E-state index is 2.20. The van der Waals surface area contributed by atoms with Crippen LogP contribution in [0, 0.1) is 34.6 Å². The molecule has 0 aromatic heterocycles. The zero-order valence-electron chi connectivity index (χ0n) is 24.3. The van der Waals surface area contributed by atoms with Gasteiger partial charge in [-0.15, -0.1) is 0 Å². The lowest BCUT2D eigenvalue weighted by atomic mass is 10.0. The van der Waals surface area contributed by atoms with Crippen LogP contribution in [0.15, 0.2) is 127 Å². The van der Waals surface area contributed by atoms with Crippen LogP contribution in [-0.2, 0) is 6.42 Å². The van der Waals surface area contributed by atoms with E-state index < -0.39 is 0 Å². The van der Waals surface area contributed by atoms with Gasteiger partial charge in [-0.25, -0.2) is 0 Å². The molecule has 5 aromatic carbocycles. The molecule has 0 saturated heterocycles. The third kappa shape index (κ3) is 11.4. The van der Waals surface area contributed by atoms with Crippen molar-refractivity contribution in [2.24, 2.45) is 0 Å². The fraction of sp³-hybridized carbons (Fsp3) is 0.211. The Morgan fingerprint density at radius 3 is 0.842 bits per heavy atom. The Bertz CT molecular complexity index is 1190. The van der Waals surface area contributed by atoms with Crippen LogP contribution in [0.1, 0.15) is 52.8 Å². The molecule has 0 unspecified atom stereocenters. The minimum atomic E-state index is 1.03. The maximum Gasteiger partial charge on any atom is -0.00258 e. The molecular weight excluding hydrogens is 456 g/mol. The summed E-state index contributed by atoms with van der Waals surface area (Å²) in [5.74, 6) is 0. The number of hydrogen-bond acceptors (Lipinski definition) is 0. The van der Waals surface area contributed by atoms with Crippen molar-refractivity contribution in [1.29, 1.82) is 0 Å². The van der Waals surface area contributed by atoms with E-state index in [0.29, 0.717) is 0 Å². The second kappa shape index (κ2) is 16.8. The molecule has 0 radical (unpaired) electrons. The molecule has 0 heterocycles. The standard InChI is InChI=1S/C15H16.C14H14.C7H8.C2H6/c1-12-3-7-14(8-4-12)11-15-9-5-13(2)6-10-15;1-11-3-7-13(8-4-11)14-9-5-12(2)6-10-14;1-7-5-3-2-4-6-7;1-2/h3-10H,11H2,1-2H3;3-10H,1-2H3;2-6H,1H3;1-2H3. The summed E-state index contributed by atoms with van der Waals surface area (Å²) in [6.07, 6.45) is 1.03. The molecule has 5 rings (SSSR count). The monoisotopic (exact) mass is 500 g/mol. The highest BCUT2D eigenvalue weighted by Crippen LogP contribution is 2.19. The van der Waals surface area contributed by atoms with E-state index in [2.05, 4.69) is 144 Å². The lowest BCUT2D eigenvalue weighted by molar-refractivity contribution is 1.18. The van der Waals surface area contributed by atoms with Gasteiger partial charge in [0, 0.05) is 0 Å². The Labute approximate surface area is 232 Å². The summed E-state index contributed by atoms with van der Waals surface area (Å²) < 4.78 is 0. The molecule has 0 amide bonds. The van der Waals surface area contributed by atoms with Crippen LogP contribution < -0.4 is 0 Å². The van der Waals surface area contributed by atoms with Crippen LogP contribution in [-0.4, -0.2) is 0 Å². The number of hydrogen-bond donors (Lipinski definition) is 0. The average Bonchev–Trinajstić information content (AvgIpc) is 2.95. The van der Waals surface area contributed by atoms with Gasteiger partial charge in [0.2, 0.25) is 0 Å². The summed E-state index contributed by atoms with van der Waals surface area (Å²) in [4.78, 5) is 0.